The van der Waals surface area contributed by atoms with Gasteiger partial charge in [-0.05, 0) is 0 Å². The Hall–Kier alpha value is -2.22. The Bertz CT molecular complexity index is 551. The Morgan fingerprint density at radius 1 is 1.22 bits per heavy atom. The Morgan fingerprint density at radius 2 is 1.89 bits per heavy atom. The van der Waals surface area contributed by atoms with Gasteiger partial charge >= 0.3 is 5.97 Å². The SMILES string of the molecule is N#CCc1c2c(c(C(=O)O)c3c1OCC3)OCC2. The molecule has 92 valence electrons. The zero-order chi connectivity index (χ0) is 12.7. The van der Waals surface area contributed by atoms with Crippen molar-refractivity contribution in [1.29, 1.82) is 5.26 Å². The molecule has 0 unspecified atom stereocenters. The van der Waals surface area contributed by atoms with Crippen molar-refractivity contribution in [2.24, 2.45) is 0 Å². The quantitative estimate of drug-likeness (QED) is 0.850. The molecule has 0 atom stereocenters. The summed E-state index contributed by atoms with van der Waals surface area (Å²) in [7, 11) is 0. The van der Waals surface area contributed by atoms with E-state index in [9.17, 15) is 9.90 Å². The lowest BCUT2D eigenvalue weighted by molar-refractivity contribution is 0.0692. The molecule has 2 aliphatic heterocycles. The van der Waals surface area contributed by atoms with Crippen molar-refractivity contribution in [3.05, 3.63) is 22.3 Å². The smallest absolute Gasteiger partial charge is 0.339 e. The van der Waals surface area contributed by atoms with Gasteiger partial charge in [0.05, 0.1) is 25.7 Å². The van der Waals surface area contributed by atoms with Gasteiger partial charge in [-0.2, -0.15) is 5.26 Å². The van der Waals surface area contributed by atoms with E-state index in [1.54, 1.807) is 0 Å². The number of ether oxygens (including phenoxy) is 2. The number of fused-ring (bicyclic) bond motifs is 2. The summed E-state index contributed by atoms with van der Waals surface area (Å²) in [4.78, 5) is 11.4. The van der Waals surface area contributed by atoms with E-state index in [1.807, 2.05) is 0 Å². The molecule has 0 saturated carbocycles. The molecule has 18 heavy (non-hydrogen) atoms. The van der Waals surface area contributed by atoms with E-state index in [0.717, 1.165) is 11.1 Å². The van der Waals surface area contributed by atoms with Gasteiger partial charge in [-0.25, -0.2) is 4.79 Å². The van der Waals surface area contributed by atoms with Crippen molar-refractivity contribution >= 4 is 5.97 Å². The highest BCUT2D eigenvalue weighted by Gasteiger charge is 2.33. The summed E-state index contributed by atoms with van der Waals surface area (Å²) in [6.45, 7) is 0.938. The van der Waals surface area contributed by atoms with Crippen LogP contribution in [0.1, 0.15) is 27.0 Å². The minimum atomic E-state index is -0.988. The molecule has 1 aromatic carbocycles. The maximum atomic E-state index is 11.4. The fourth-order valence-corrected chi connectivity index (χ4v) is 2.70. The lowest BCUT2D eigenvalue weighted by Gasteiger charge is -2.13. The van der Waals surface area contributed by atoms with Crippen LogP contribution in [0.2, 0.25) is 0 Å². The lowest BCUT2D eigenvalue weighted by atomic mass is 9.93. The van der Waals surface area contributed by atoms with Crippen LogP contribution in [0.25, 0.3) is 0 Å². The van der Waals surface area contributed by atoms with E-state index in [0.29, 0.717) is 43.1 Å². The molecule has 0 fully saturated rings. The maximum absolute atomic E-state index is 11.4. The molecule has 0 spiro atoms. The van der Waals surface area contributed by atoms with Gasteiger partial charge < -0.3 is 14.6 Å². The van der Waals surface area contributed by atoms with Crippen LogP contribution < -0.4 is 9.47 Å². The molecule has 3 rings (SSSR count). The first-order valence-electron chi connectivity index (χ1n) is 5.80. The number of hydrogen-bond donors (Lipinski definition) is 1. The van der Waals surface area contributed by atoms with Crippen LogP contribution in [-0.4, -0.2) is 24.3 Å². The number of benzene rings is 1. The van der Waals surface area contributed by atoms with Gasteiger partial charge in [-0.15, -0.1) is 0 Å². The van der Waals surface area contributed by atoms with Crippen LogP contribution in [0.4, 0.5) is 0 Å². The Kier molecular flexibility index (Phi) is 2.37. The first-order valence-corrected chi connectivity index (χ1v) is 5.80. The van der Waals surface area contributed by atoms with E-state index in [1.165, 1.54) is 0 Å². The molecule has 0 aliphatic carbocycles. The molecule has 2 aliphatic rings. The molecule has 1 aromatic rings. The van der Waals surface area contributed by atoms with Crippen molar-refractivity contribution in [3.63, 3.8) is 0 Å². The zero-order valence-electron chi connectivity index (χ0n) is 9.65. The molecule has 0 radical (unpaired) electrons. The Morgan fingerprint density at radius 3 is 2.56 bits per heavy atom. The maximum Gasteiger partial charge on any atom is 0.339 e. The summed E-state index contributed by atoms with van der Waals surface area (Å²) < 4.78 is 11.0. The highest BCUT2D eigenvalue weighted by atomic mass is 16.5. The van der Waals surface area contributed by atoms with Gasteiger partial charge in [0.25, 0.3) is 0 Å². The van der Waals surface area contributed by atoms with Crippen LogP contribution in [0, 0.1) is 11.3 Å². The van der Waals surface area contributed by atoms with Crippen LogP contribution in [-0.2, 0) is 19.3 Å². The summed E-state index contributed by atoms with van der Waals surface area (Å²) in [5.74, 6) is 0.0496. The number of carboxylic acids is 1. The zero-order valence-corrected chi connectivity index (χ0v) is 9.65. The van der Waals surface area contributed by atoms with Crippen molar-refractivity contribution in [2.45, 2.75) is 19.3 Å². The predicted molar refractivity (Wildman–Crippen MR) is 61.1 cm³/mol. The van der Waals surface area contributed by atoms with Gasteiger partial charge in [-0.1, -0.05) is 0 Å². The third-order valence-electron chi connectivity index (χ3n) is 3.38. The third kappa shape index (κ3) is 1.35. The summed E-state index contributed by atoms with van der Waals surface area (Å²) in [5.41, 5.74) is 2.53. The molecular formula is C13H11NO4. The molecule has 0 aromatic heterocycles. The van der Waals surface area contributed by atoms with Crippen molar-refractivity contribution in [1.82, 2.24) is 0 Å². The fourth-order valence-electron chi connectivity index (χ4n) is 2.70. The average molecular weight is 245 g/mol. The van der Waals surface area contributed by atoms with E-state index < -0.39 is 5.97 Å². The standard InChI is InChI=1S/C13H11NO4/c14-4-1-7-8-2-5-18-12(8)10(13(15)16)9-3-6-17-11(7)9/h1-3,5-6H2,(H,15,16). The van der Waals surface area contributed by atoms with Gasteiger partial charge in [0.1, 0.15) is 17.1 Å². The van der Waals surface area contributed by atoms with Gasteiger partial charge in [-0.3, -0.25) is 0 Å². The van der Waals surface area contributed by atoms with Crippen LogP contribution in [0.15, 0.2) is 0 Å². The first kappa shape index (κ1) is 10.9. The second-order valence-electron chi connectivity index (χ2n) is 4.31. The van der Waals surface area contributed by atoms with E-state index in [2.05, 4.69) is 6.07 Å². The van der Waals surface area contributed by atoms with Gasteiger partial charge in [0, 0.05) is 29.5 Å². The number of hydrogen-bond acceptors (Lipinski definition) is 4. The van der Waals surface area contributed by atoms with E-state index in [4.69, 9.17) is 14.7 Å². The molecule has 0 saturated heterocycles. The van der Waals surface area contributed by atoms with Crippen LogP contribution in [0.3, 0.4) is 0 Å². The fraction of sp³-hybridized carbons (Fsp3) is 0.385. The number of nitrogens with zero attached hydrogens (tertiary/aromatic N) is 1. The highest BCUT2D eigenvalue weighted by Crippen LogP contribution is 2.44. The highest BCUT2D eigenvalue weighted by molar-refractivity contribution is 5.95. The number of nitriles is 1. The minimum Gasteiger partial charge on any atom is -0.493 e. The van der Waals surface area contributed by atoms with E-state index in [-0.39, 0.29) is 12.0 Å². The average Bonchev–Trinajstić information content (AvgIpc) is 2.96. The van der Waals surface area contributed by atoms with E-state index >= 15 is 0 Å². The molecule has 2 heterocycles. The molecule has 5 nitrogen and oxygen atoms in total. The third-order valence-corrected chi connectivity index (χ3v) is 3.38. The first-order chi connectivity index (χ1) is 8.74. The molecule has 5 heteroatoms. The van der Waals surface area contributed by atoms with Crippen molar-refractivity contribution < 1.29 is 19.4 Å². The number of carboxylic acid groups (broad SMARTS) is 1. The molecule has 0 amide bonds. The molecule has 1 N–H and O–H groups in total. The number of carbonyl (C=O) groups is 1. The van der Waals surface area contributed by atoms with Gasteiger partial charge in [0.15, 0.2) is 0 Å². The lowest BCUT2D eigenvalue weighted by Crippen LogP contribution is -2.06. The largest absolute Gasteiger partial charge is 0.493 e. The molecule has 0 bridgehead atoms. The monoisotopic (exact) mass is 245 g/mol. The van der Waals surface area contributed by atoms with Crippen molar-refractivity contribution in [2.75, 3.05) is 13.2 Å². The molecular weight excluding hydrogens is 234 g/mol. The second-order valence-corrected chi connectivity index (χ2v) is 4.31. The van der Waals surface area contributed by atoms with Crippen molar-refractivity contribution in [3.8, 4) is 17.6 Å². The minimum absolute atomic E-state index is 0.219. The Balaban J connectivity index is 2.32. The van der Waals surface area contributed by atoms with Gasteiger partial charge in [0.2, 0.25) is 0 Å². The Labute approximate surface area is 104 Å². The number of rotatable bonds is 2. The van der Waals surface area contributed by atoms with Crippen LogP contribution in [0.5, 0.6) is 11.5 Å². The topological polar surface area (TPSA) is 79.6 Å². The summed E-state index contributed by atoms with van der Waals surface area (Å²) in [6.07, 6.45) is 1.43. The second kappa shape index (κ2) is 3.91. The summed E-state index contributed by atoms with van der Waals surface area (Å²) >= 11 is 0. The van der Waals surface area contributed by atoms with Crippen LogP contribution >= 0.6 is 0 Å². The summed E-state index contributed by atoms with van der Waals surface area (Å²) in [6, 6.07) is 2.11. The number of aromatic carboxylic acids is 1. The summed E-state index contributed by atoms with van der Waals surface area (Å²) in [5, 5.41) is 18.2. The normalized spacial score (nSPS) is 15.3. The predicted octanol–water partition coefficient (Wildman–Crippen LogP) is 1.32.